The van der Waals surface area contributed by atoms with Crippen LogP contribution in [0.25, 0.3) is 39.3 Å². The van der Waals surface area contributed by atoms with Gasteiger partial charge in [-0.2, -0.15) is 0 Å². The second-order valence-electron chi connectivity index (χ2n) is 24.5. The lowest BCUT2D eigenvalue weighted by Crippen LogP contribution is -2.61. The fourth-order valence-electron chi connectivity index (χ4n) is 12.2. The topological polar surface area (TPSA) is 22.9 Å². The monoisotopic (exact) mass is 1000 g/mol. The molecule has 13 rings (SSSR count). The van der Waals surface area contributed by atoms with E-state index in [1.54, 1.807) is 0 Å². The van der Waals surface area contributed by atoms with Crippen molar-refractivity contribution < 1.29 is 4.42 Å². The zero-order valence-electron chi connectivity index (χ0n) is 45.9. The Kier molecular flexibility index (Phi) is 11.4. The molecule has 0 spiro atoms. The van der Waals surface area contributed by atoms with E-state index in [0.717, 1.165) is 63.7 Å². The Morgan fingerprint density at radius 3 is 1.73 bits per heavy atom. The fraction of sp³-hybridized carbons (Fsp3) is 0.194. The molecule has 1 aromatic heterocycles. The van der Waals surface area contributed by atoms with E-state index in [1.807, 2.05) is 0 Å². The van der Waals surface area contributed by atoms with Gasteiger partial charge in [0.1, 0.15) is 11.3 Å². The van der Waals surface area contributed by atoms with Crippen molar-refractivity contribution in [1.82, 2.24) is 0 Å². The van der Waals surface area contributed by atoms with Crippen LogP contribution >= 0.6 is 0 Å². The first-order valence-electron chi connectivity index (χ1n) is 27.6. The number of anilines is 9. The summed E-state index contributed by atoms with van der Waals surface area (Å²) in [7, 11) is 0. The van der Waals surface area contributed by atoms with Gasteiger partial charge in [0, 0.05) is 68.4 Å². The van der Waals surface area contributed by atoms with E-state index in [4.69, 9.17) is 4.42 Å². The van der Waals surface area contributed by atoms with Crippen molar-refractivity contribution in [2.24, 2.45) is 0 Å². The molecule has 77 heavy (non-hydrogen) atoms. The van der Waals surface area contributed by atoms with Crippen LogP contribution in [-0.2, 0) is 22.7 Å². The van der Waals surface area contributed by atoms with Crippen LogP contribution in [-0.4, -0.2) is 6.71 Å². The highest BCUT2D eigenvalue weighted by molar-refractivity contribution is 7.00. The molecule has 0 radical (unpaired) electrons. The highest BCUT2D eigenvalue weighted by Crippen LogP contribution is 2.50. The van der Waals surface area contributed by atoms with Crippen molar-refractivity contribution in [3.63, 3.8) is 0 Å². The summed E-state index contributed by atoms with van der Waals surface area (Å²) in [5.74, 6) is 1.08. The number of hydrogen-bond acceptors (Lipinski definition) is 4. The standard InChI is InChI=1S/C72H66BN3O/c1-70(2,3)50-33-37-62(58(42-50)47-22-13-10-14-23-47)76-63-38-34-51(71(4,5)6)43-61(63)73-60-36-35-56(74(53-25-15-11-16-26-53)54-27-17-12-18-28-54)46-64(60)75(65-44-52(72(7,8)9)45-66(76)69(65)73)55-29-21-24-48(40-55)49-32-39-68-59(41-49)57-30-19-20-31-67(57)77-68/h10-19,21-30,32-46H,20,31H2,1-9H3. The van der Waals surface area contributed by atoms with Gasteiger partial charge in [-0.3, -0.25) is 0 Å². The van der Waals surface area contributed by atoms with Gasteiger partial charge in [-0.15, -0.1) is 0 Å². The highest BCUT2D eigenvalue weighted by atomic mass is 16.3. The van der Waals surface area contributed by atoms with Gasteiger partial charge in [-0.05, 0) is 163 Å². The van der Waals surface area contributed by atoms with Crippen LogP contribution in [0.3, 0.4) is 0 Å². The summed E-state index contributed by atoms with van der Waals surface area (Å²) in [4.78, 5) is 7.62. The summed E-state index contributed by atoms with van der Waals surface area (Å²) in [5.41, 5.74) is 24.7. The van der Waals surface area contributed by atoms with Gasteiger partial charge >= 0.3 is 0 Å². The maximum atomic E-state index is 6.43. The van der Waals surface area contributed by atoms with Crippen molar-refractivity contribution >= 4 is 91.3 Å². The van der Waals surface area contributed by atoms with Gasteiger partial charge < -0.3 is 19.1 Å². The number of hydrogen-bond donors (Lipinski definition) is 0. The van der Waals surface area contributed by atoms with Crippen LogP contribution in [0.5, 0.6) is 0 Å². The fourth-order valence-corrected chi connectivity index (χ4v) is 12.2. The molecule has 0 N–H and O–H groups in total. The molecule has 3 heterocycles. The molecule has 3 aliphatic rings. The molecule has 0 atom stereocenters. The van der Waals surface area contributed by atoms with Crippen LogP contribution in [0, 0.1) is 0 Å². The van der Waals surface area contributed by atoms with Gasteiger partial charge in [-0.1, -0.05) is 184 Å². The molecule has 5 heteroatoms. The van der Waals surface area contributed by atoms with Crippen molar-refractivity contribution in [2.45, 2.75) is 91.4 Å². The minimum absolute atomic E-state index is 0.0468. The lowest BCUT2D eigenvalue weighted by molar-refractivity contribution is 0.546. The maximum Gasteiger partial charge on any atom is 0.252 e. The van der Waals surface area contributed by atoms with Crippen LogP contribution in [0.2, 0.25) is 0 Å². The average molecular weight is 1000 g/mol. The normalized spacial score (nSPS) is 13.8. The Morgan fingerprint density at radius 2 is 1.05 bits per heavy atom. The van der Waals surface area contributed by atoms with Crippen LogP contribution in [0.15, 0.2) is 211 Å². The Hall–Kier alpha value is -8.28. The summed E-state index contributed by atoms with van der Waals surface area (Å²) in [6.45, 7) is 21.0. The van der Waals surface area contributed by atoms with Crippen LogP contribution in [0.4, 0.5) is 51.2 Å². The van der Waals surface area contributed by atoms with Crippen LogP contribution in [0.1, 0.15) is 96.7 Å². The molecule has 4 nitrogen and oxygen atoms in total. The minimum Gasteiger partial charge on any atom is -0.460 e. The predicted molar refractivity (Wildman–Crippen MR) is 329 cm³/mol. The Morgan fingerprint density at radius 1 is 0.442 bits per heavy atom. The zero-order chi connectivity index (χ0) is 53.0. The van der Waals surface area contributed by atoms with E-state index in [0.29, 0.717) is 0 Å². The second-order valence-corrected chi connectivity index (χ2v) is 24.5. The van der Waals surface area contributed by atoms with Gasteiger partial charge in [0.2, 0.25) is 0 Å². The maximum absolute atomic E-state index is 6.43. The molecule has 0 fully saturated rings. The van der Waals surface area contributed by atoms with Gasteiger partial charge in [0.15, 0.2) is 0 Å². The van der Waals surface area contributed by atoms with Crippen molar-refractivity contribution in [3.05, 3.63) is 234 Å². The van der Waals surface area contributed by atoms with E-state index in [9.17, 15) is 0 Å². The predicted octanol–water partition coefficient (Wildman–Crippen LogP) is 18.2. The van der Waals surface area contributed by atoms with Crippen molar-refractivity contribution in [2.75, 3.05) is 14.7 Å². The summed E-state index contributed by atoms with van der Waals surface area (Å²) in [6.07, 6.45) is 6.46. The summed E-state index contributed by atoms with van der Waals surface area (Å²) in [6, 6.07) is 75.5. The molecule has 0 bridgehead atoms. The first-order chi connectivity index (χ1) is 37.1. The van der Waals surface area contributed by atoms with Gasteiger partial charge in [-0.25, -0.2) is 0 Å². The van der Waals surface area contributed by atoms with Crippen LogP contribution < -0.4 is 31.1 Å². The van der Waals surface area contributed by atoms with E-state index in [-0.39, 0.29) is 23.0 Å². The lowest BCUT2D eigenvalue weighted by atomic mass is 9.33. The Balaban J connectivity index is 1.12. The summed E-state index contributed by atoms with van der Waals surface area (Å²) in [5, 5.41) is 1.17. The third kappa shape index (κ3) is 8.39. The quantitative estimate of drug-likeness (QED) is 0.148. The lowest BCUT2D eigenvalue weighted by Gasteiger charge is -2.46. The average Bonchev–Trinajstić information content (AvgIpc) is 4.01. The highest BCUT2D eigenvalue weighted by Gasteiger charge is 2.45. The number of furan rings is 1. The number of nitrogens with zero attached hydrogens (tertiary/aromatic N) is 3. The third-order valence-corrected chi connectivity index (χ3v) is 16.3. The SMILES string of the molecule is CC(C)(C)c1ccc2c(c1)B1c3ccc(N(c4ccccc4)c4ccccc4)cc3N(c3cccc(-c4ccc5oc6c(c5c4)C=CCC6)c3)c3cc(C(C)(C)C)cc(c31)N2c1ccc(C(C)(C)C)cc1-c1ccccc1. The Labute approximate surface area is 456 Å². The van der Waals surface area contributed by atoms with E-state index in [2.05, 4.69) is 289 Å². The van der Waals surface area contributed by atoms with Crippen molar-refractivity contribution in [1.29, 1.82) is 0 Å². The first kappa shape index (κ1) is 48.4. The smallest absolute Gasteiger partial charge is 0.252 e. The number of fused-ring (bicyclic) bond motifs is 7. The first-order valence-corrected chi connectivity index (χ1v) is 27.6. The molecule has 9 aromatic carbocycles. The van der Waals surface area contributed by atoms with E-state index >= 15 is 0 Å². The minimum atomic E-state index is -0.192. The van der Waals surface area contributed by atoms with Gasteiger partial charge in [0.05, 0.1) is 5.69 Å². The van der Waals surface area contributed by atoms with Gasteiger partial charge in [0.25, 0.3) is 6.71 Å². The van der Waals surface area contributed by atoms with Crippen molar-refractivity contribution in [3.8, 4) is 22.3 Å². The summed E-state index contributed by atoms with van der Waals surface area (Å²) >= 11 is 0. The second kappa shape index (κ2) is 18.2. The number of rotatable bonds is 7. The third-order valence-electron chi connectivity index (χ3n) is 16.3. The molecule has 0 unspecified atom stereocenters. The molecule has 0 saturated carbocycles. The molecule has 0 saturated heterocycles. The molecule has 1 aliphatic carbocycles. The Bertz CT molecular complexity index is 3900. The van der Waals surface area contributed by atoms with E-state index < -0.39 is 0 Å². The molecule has 378 valence electrons. The molecule has 0 amide bonds. The zero-order valence-corrected chi connectivity index (χ0v) is 45.9. The largest absolute Gasteiger partial charge is 0.460 e. The number of aryl methyl sites for hydroxylation is 1. The molecular weight excluding hydrogens is 934 g/mol. The number of allylic oxidation sites excluding steroid dienone is 1. The number of benzene rings is 9. The van der Waals surface area contributed by atoms with E-state index in [1.165, 1.54) is 77.9 Å². The number of para-hydroxylation sites is 2. The molecule has 2 aliphatic heterocycles. The molecular formula is C72H66BN3O. The molecule has 10 aromatic rings. The summed E-state index contributed by atoms with van der Waals surface area (Å²) < 4.78 is 6.43.